The number of pyridine rings is 1. The Balaban J connectivity index is 2.05. The van der Waals surface area contributed by atoms with E-state index in [1.165, 1.54) is 0 Å². The van der Waals surface area contributed by atoms with Crippen LogP contribution in [0.15, 0.2) is 6.07 Å². The standard InChI is InChI=1S/C13H16F3N3O/c1-8(13(20)19-5-3-2-4-6-19)17-12-10(15)7-9(14)11(16)18-12/h7-8H,2-6H2,1H3,(H,17,18). The lowest BCUT2D eigenvalue weighted by molar-refractivity contribution is -0.132. The van der Waals surface area contributed by atoms with Gasteiger partial charge in [0.1, 0.15) is 6.04 Å². The third-order valence-corrected chi connectivity index (χ3v) is 3.28. The molecule has 0 aliphatic carbocycles. The summed E-state index contributed by atoms with van der Waals surface area (Å²) in [5, 5.41) is 2.49. The highest BCUT2D eigenvalue weighted by Crippen LogP contribution is 2.16. The van der Waals surface area contributed by atoms with Crippen LogP contribution in [0.2, 0.25) is 0 Å². The smallest absolute Gasteiger partial charge is 0.251 e. The first-order valence-electron chi connectivity index (χ1n) is 6.56. The molecule has 1 N–H and O–H groups in total. The summed E-state index contributed by atoms with van der Waals surface area (Å²) in [5.41, 5.74) is 0. The number of rotatable bonds is 3. The molecule has 110 valence electrons. The number of piperidine rings is 1. The number of hydrogen-bond acceptors (Lipinski definition) is 3. The van der Waals surface area contributed by atoms with E-state index in [1.807, 2.05) is 0 Å². The Morgan fingerprint density at radius 1 is 1.25 bits per heavy atom. The number of likely N-dealkylation sites (tertiary alicyclic amines) is 1. The van der Waals surface area contributed by atoms with Crippen molar-refractivity contribution in [3.8, 4) is 0 Å². The van der Waals surface area contributed by atoms with Gasteiger partial charge in [0.2, 0.25) is 5.91 Å². The summed E-state index contributed by atoms with van der Waals surface area (Å²) in [6.45, 7) is 2.87. The number of carbonyl (C=O) groups excluding carboxylic acids is 1. The molecular formula is C13H16F3N3O. The number of nitrogens with one attached hydrogen (secondary N) is 1. The minimum absolute atomic E-state index is 0.198. The third-order valence-electron chi connectivity index (χ3n) is 3.28. The molecular weight excluding hydrogens is 271 g/mol. The maximum Gasteiger partial charge on any atom is 0.251 e. The fourth-order valence-corrected chi connectivity index (χ4v) is 2.20. The molecule has 4 nitrogen and oxygen atoms in total. The Kier molecular flexibility index (Phi) is 4.46. The normalized spacial score (nSPS) is 16.9. The minimum Gasteiger partial charge on any atom is -0.356 e. The summed E-state index contributed by atoms with van der Waals surface area (Å²) in [6.07, 6.45) is 2.97. The second kappa shape index (κ2) is 6.11. The lowest BCUT2D eigenvalue weighted by Crippen LogP contribution is -2.44. The minimum atomic E-state index is -1.40. The van der Waals surface area contributed by atoms with Crippen LogP contribution in [0.1, 0.15) is 26.2 Å². The van der Waals surface area contributed by atoms with E-state index < -0.39 is 29.4 Å². The van der Waals surface area contributed by atoms with E-state index in [9.17, 15) is 18.0 Å². The Morgan fingerprint density at radius 3 is 2.55 bits per heavy atom. The van der Waals surface area contributed by atoms with Crippen LogP contribution >= 0.6 is 0 Å². The predicted octanol–water partition coefficient (Wildman–Crippen LogP) is 2.31. The van der Waals surface area contributed by atoms with Crippen molar-refractivity contribution in [2.24, 2.45) is 0 Å². The van der Waals surface area contributed by atoms with Gasteiger partial charge in [-0.3, -0.25) is 4.79 Å². The van der Waals surface area contributed by atoms with Gasteiger partial charge >= 0.3 is 0 Å². The van der Waals surface area contributed by atoms with Crippen molar-refractivity contribution >= 4 is 11.7 Å². The first-order valence-corrected chi connectivity index (χ1v) is 6.56. The van der Waals surface area contributed by atoms with E-state index in [2.05, 4.69) is 10.3 Å². The average molecular weight is 287 g/mol. The molecule has 0 radical (unpaired) electrons. The summed E-state index contributed by atoms with van der Waals surface area (Å²) >= 11 is 0. The van der Waals surface area contributed by atoms with Crippen LogP contribution in [0.25, 0.3) is 0 Å². The number of carbonyl (C=O) groups is 1. The number of nitrogens with zero attached hydrogens (tertiary/aromatic N) is 2. The second-order valence-corrected chi connectivity index (χ2v) is 4.84. The van der Waals surface area contributed by atoms with Crippen molar-refractivity contribution in [1.82, 2.24) is 9.88 Å². The Hall–Kier alpha value is -1.79. The van der Waals surface area contributed by atoms with Gasteiger partial charge in [-0.15, -0.1) is 0 Å². The summed E-state index contributed by atoms with van der Waals surface area (Å²) < 4.78 is 39.2. The molecule has 1 atom stereocenters. The van der Waals surface area contributed by atoms with Crippen LogP contribution in [0.5, 0.6) is 0 Å². The molecule has 2 heterocycles. The molecule has 2 rings (SSSR count). The molecule has 1 unspecified atom stereocenters. The first kappa shape index (κ1) is 14.6. The van der Waals surface area contributed by atoms with Crippen molar-refractivity contribution in [2.45, 2.75) is 32.2 Å². The maximum absolute atomic E-state index is 13.4. The van der Waals surface area contributed by atoms with Gasteiger partial charge in [-0.2, -0.15) is 9.37 Å². The van der Waals surface area contributed by atoms with Crippen LogP contribution in [0.4, 0.5) is 19.0 Å². The van der Waals surface area contributed by atoms with Crippen LogP contribution in [0.3, 0.4) is 0 Å². The highest BCUT2D eigenvalue weighted by molar-refractivity contribution is 5.84. The molecule has 1 fully saturated rings. The molecule has 1 aromatic heterocycles. The summed E-state index contributed by atoms with van der Waals surface area (Å²) in [7, 11) is 0. The van der Waals surface area contributed by atoms with Gasteiger partial charge in [-0.25, -0.2) is 8.78 Å². The molecule has 1 saturated heterocycles. The average Bonchev–Trinajstić information content (AvgIpc) is 2.44. The van der Waals surface area contributed by atoms with Crippen LogP contribution in [-0.2, 0) is 4.79 Å². The van der Waals surface area contributed by atoms with E-state index in [-0.39, 0.29) is 5.91 Å². The van der Waals surface area contributed by atoms with E-state index >= 15 is 0 Å². The maximum atomic E-state index is 13.4. The second-order valence-electron chi connectivity index (χ2n) is 4.84. The monoisotopic (exact) mass is 287 g/mol. The van der Waals surface area contributed by atoms with Crippen molar-refractivity contribution in [1.29, 1.82) is 0 Å². The van der Waals surface area contributed by atoms with Crippen molar-refractivity contribution in [3.05, 3.63) is 23.6 Å². The van der Waals surface area contributed by atoms with Gasteiger partial charge in [0.05, 0.1) is 0 Å². The SMILES string of the molecule is CC(Nc1nc(F)c(F)cc1F)C(=O)N1CCCCC1. The van der Waals surface area contributed by atoms with Gasteiger partial charge in [0.25, 0.3) is 5.95 Å². The lowest BCUT2D eigenvalue weighted by Gasteiger charge is -2.29. The quantitative estimate of drug-likeness (QED) is 0.868. The highest BCUT2D eigenvalue weighted by atomic mass is 19.2. The van der Waals surface area contributed by atoms with Crippen LogP contribution in [-0.4, -0.2) is 34.9 Å². The fourth-order valence-electron chi connectivity index (χ4n) is 2.20. The third kappa shape index (κ3) is 3.20. The summed E-state index contributed by atoms with van der Waals surface area (Å²) in [5.74, 6) is -4.44. The molecule has 1 aliphatic rings. The van der Waals surface area contributed by atoms with Gasteiger partial charge in [-0.05, 0) is 26.2 Å². The molecule has 1 amide bonds. The van der Waals surface area contributed by atoms with E-state index in [0.29, 0.717) is 19.2 Å². The molecule has 0 aromatic carbocycles. The number of aromatic nitrogens is 1. The Morgan fingerprint density at radius 2 is 1.90 bits per heavy atom. The topological polar surface area (TPSA) is 45.2 Å². The van der Waals surface area contributed by atoms with Crippen molar-refractivity contribution < 1.29 is 18.0 Å². The van der Waals surface area contributed by atoms with E-state index in [4.69, 9.17) is 0 Å². The largest absolute Gasteiger partial charge is 0.356 e. The van der Waals surface area contributed by atoms with Crippen molar-refractivity contribution in [2.75, 3.05) is 18.4 Å². The number of amides is 1. The molecule has 0 saturated carbocycles. The summed E-state index contributed by atoms with van der Waals surface area (Å²) in [4.78, 5) is 16.9. The number of anilines is 1. The molecule has 20 heavy (non-hydrogen) atoms. The molecule has 0 bridgehead atoms. The molecule has 7 heteroatoms. The predicted molar refractivity (Wildman–Crippen MR) is 67.6 cm³/mol. The van der Waals surface area contributed by atoms with Gasteiger partial charge in [-0.1, -0.05) is 0 Å². The van der Waals surface area contributed by atoms with Gasteiger partial charge < -0.3 is 10.2 Å². The zero-order valence-electron chi connectivity index (χ0n) is 11.1. The summed E-state index contributed by atoms with van der Waals surface area (Å²) in [6, 6.07) is -0.345. The van der Waals surface area contributed by atoms with E-state index in [1.54, 1.807) is 11.8 Å². The first-order chi connectivity index (χ1) is 9.49. The molecule has 0 spiro atoms. The van der Waals surface area contributed by atoms with Crippen LogP contribution < -0.4 is 5.32 Å². The number of halogens is 3. The molecule has 1 aromatic rings. The van der Waals surface area contributed by atoms with E-state index in [0.717, 1.165) is 19.3 Å². The fraction of sp³-hybridized carbons (Fsp3) is 0.538. The van der Waals surface area contributed by atoms with Gasteiger partial charge in [0, 0.05) is 19.2 Å². The highest BCUT2D eigenvalue weighted by Gasteiger charge is 2.23. The molecule has 1 aliphatic heterocycles. The van der Waals surface area contributed by atoms with Gasteiger partial charge in [0.15, 0.2) is 17.5 Å². The zero-order valence-corrected chi connectivity index (χ0v) is 11.1. The zero-order chi connectivity index (χ0) is 14.7. The Bertz CT molecular complexity index is 504. The number of hydrogen-bond donors (Lipinski definition) is 1. The van der Waals surface area contributed by atoms with Crippen molar-refractivity contribution in [3.63, 3.8) is 0 Å². The Labute approximate surface area is 115 Å². The van der Waals surface area contributed by atoms with Crippen LogP contribution in [0, 0.1) is 17.6 Å². The lowest BCUT2D eigenvalue weighted by atomic mass is 10.1.